The first-order valence-electron chi connectivity index (χ1n) is 11.8. The van der Waals surface area contributed by atoms with Gasteiger partial charge in [0.05, 0.1) is 23.3 Å². The number of piperidine rings is 1. The van der Waals surface area contributed by atoms with Gasteiger partial charge in [-0.3, -0.25) is 14.6 Å². The third-order valence-electron chi connectivity index (χ3n) is 6.71. The van der Waals surface area contributed by atoms with Crippen molar-refractivity contribution in [1.29, 1.82) is 0 Å². The van der Waals surface area contributed by atoms with Crippen LogP contribution >= 0.6 is 0 Å². The smallest absolute Gasteiger partial charge is 0.309 e. The molecule has 0 spiro atoms. The zero-order valence-corrected chi connectivity index (χ0v) is 19.5. The number of nitrogens with zero attached hydrogens (tertiary/aromatic N) is 3. The van der Waals surface area contributed by atoms with E-state index < -0.39 is 23.5 Å². The van der Waals surface area contributed by atoms with E-state index in [0.29, 0.717) is 50.8 Å². The van der Waals surface area contributed by atoms with Gasteiger partial charge in [-0.15, -0.1) is 0 Å². The maximum Gasteiger partial charge on any atom is 0.309 e. The Bertz CT molecular complexity index is 1350. The van der Waals surface area contributed by atoms with E-state index >= 15 is 0 Å². The molecule has 0 bridgehead atoms. The highest BCUT2D eigenvalue weighted by Gasteiger charge is 2.34. The normalized spacial score (nSPS) is 19.9. The van der Waals surface area contributed by atoms with Crippen LogP contribution in [0.3, 0.4) is 0 Å². The molecule has 0 saturated carbocycles. The van der Waals surface area contributed by atoms with E-state index in [-0.39, 0.29) is 35.6 Å². The van der Waals surface area contributed by atoms with Crippen molar-refractivity contribution in [2.75, 3.05) is 32.8 Å². The summed E-state index contributed by atoms with van der Waals surface area (Å²) in [6, 6.07) is 6.05. The lowest BCUT2D eigenvalue weighted by Crippen LogP contribution is -2.52. The molecule has 36 heavy (non-hydrogen) atoms. The highest BCUT2D eigenvalue weighted by Crippen LogP contribution is 2.29. The first-order valence-corrected chi connectivity index (χ1v) is 11.8. The van der Waals surface area contributed by atoms with Gasteiger partial charge >= 0.3 is 5.97 Å². The van der Waals surface area contributed by atoms with Crippen molar-refractivity contribution in [3.8, 4) is 11.5 Å². The molecule has 5 rings (SSSR count). The number of carboxylic acid groups (broad SMARTS) is 1. The van der Waals surface area contributed by atoms with Crippen LogP contribution in [-0.4, -0.2) is 64.4 Å². The Labute approximate surface area is 205 Å². The largest absolute Gasteiger partial charge is 0.486 e. The van der Waals surface area contributed by atoms with E-state index in [1.54, 1.807) is 12.3 Å². The SMILES string of the molecule is O=C(O)C1CN(CCn2c(=O)ccc3c(F)cc(F)cc32)CCC1NCc1cc2c(cn1)OCCO2. The number of hydrogen-bond donors (Lipinski definition) is 2. The predicted octanol–water partition coefficient (Wildman–Crippen LogP) is 2.01. The first-order chi connectivity index (χ1) is 17.4. The number of pyridine rings is 2. The van der Waals surface area contributed by atoms with E-state index in [1.807, 2.05) is 4.90 Å². The van der Waals surface area contributed by atoms with Crippen molar-refractivity contribution >= 4 is 16.9 Å². The van der Waals surface area contributed by atoms with Gasteiger partial charge in [-0.05, 0) is 25.1 Å². The number of halogens is 2. The molecule has 4 heterocycles. The monoisotopic (exact) mass is 500 g/mol. The number of ether oxygens (including phenoxy) is 2. The lowest BCUT2D eigenvalue weighted by Gasteiger charge is -2.37. The number of benzene rings is 1. The van der Waals surface area contributed by atoms with Crippen LogP contribution in [0.2, 0.25) is 0 Å². The van der Waals surface area contributed by atoms with Crippen LogP contribution < -0.4 is 20.3 Å². The first kappa shape index (κ1) is 24.1. The van der Waals surface area contributed by atoms with E-state index in [9.17, 15) is 23.5 Å². The summed E-state index contributed by atoms with van der Waals surface area (Å²) >= 11 is 0. The van der Waals surface area contributed by atoms with Crippen molar-refractivity contribution in [2.24, 2.45) is 5.92 Å². The van der Waals surface area contributed by atoms with E-state index in [1.165, 1.54) is 16.7 Å². The van der Waals surface area contributed by atoms with Crippen molar-refractivity contribution in [1.82, 2.24) is 19.8 Å². The molecule has 0 amide bonds. The molecule has 11 heteroatoms. The number of rotatable bonds is 7. The minimum Gasteiger partial charge on any atom is -0.486 e. The summed E-state index contributed by atoms with van der Waals surface area (Å²) in [5.74, 6) is -1.86. The summed E-state index contributed by atoms with van der Waals surface area (Å²) in [6.45, 7) is 2.78. The van der Waals surface area contributed by atoms with Gasteiger partial charge in [-0.2, -0.15) is 0 Å². The molecule has 2 aliphatic heterocycles. The fourth-order valence-electron chi connectivity index (χ4n) is 4.83. The Morgan fingerprint density at radius 1 is 1.14 bits per heavy atom. The molecule has 0 radical (unpaired) electrons. The minimum absolute atomic E-state index is 0.162. The van der Waals surface area contributed by atoms with E-state index in [4.69, 9.17) is 9.47 Å². The molecular weight excluding hydrogens is 474 g/mol. The highest BCUT2D eigenvalue weighted by atomic mass is 19.1. The van der Waals surface area contributed by atoms with Crippen molar-refractivity contribution in [3.63, 3.8) is 0 Å². The molecule has 190 valence electrons. The summed E-state index contributed by atoms with van der Waals surface area (Å²) in [7, 11) is 0. The van der Waals surface area contributed by atoms with Crippen LogP contribution in [0.5, 0.6) is 11.5 Å². The summed E-state index contributed by atoms with van der Waals surface area (Å²) in [4.78, 5) is 30.8. The summed E-state index contributed by atoms with van der Waals surface area (Å²) in [6.07, 6.45) is 2.19. The van der Waals surface area contributed by atoms with Crippen LogP contribution in [0.4, 0.5) is 8.78 Å². The number of hydrogen-bond acceptors (Lipinski definition) is 7. The fourth-order valence-corrected chi connectivity index (χ4v) is 4.83. The average molecular weight is 501 g/mol. The summed E-state index contributed by atoms with van der Waals surface area (Å²) in [5, 5.41) is 13.3. The molecule has 1 aromatic carbocycles. The molecule has 2 N–H and O–H groups in total. The van der Waals surface area contributed by atoms with Gasteiger partial charge < -0.3 is 29.4 Å². The quantitative estimate of drug-likeness (QED) is 0.508. The van der Waals surface area contributed by atoms with Crippen LogP contribution in [0.15, 0.2) is 41.3 Å². The highest BCUT2D eigenvalue weighted by molar-refractivity contribution is 5.79. The number of carbonyl (C=O) groups is 1. The zero-order valence-electron chi connectivity index (χ0n) is 19.5. The van der Waals surface area contributed by atoms with Gasteiger partial charge in [0.2, 0.25) is 0 Å². The number of carboxylic acids is 1. The molecule has 1 fully saturated rings. The van der Waals surface area contributed by atoms with Crippen LogP contribution in [0.25, 0.3) is 10.9 Å². The van der Waals surface area contributed by atoms with Gasteiger partial charge in [0.25, 0.3) is 5.56 Å². The zero-order chi connectivity index (χ0) is 25.2. The third kappa shape index (κ3) is 5.02. The summed E-state index contributed by atoms with van der Waals surface area (Å²) in [5.41, 5.74) is 0.532. The molecule has 2 aliphatic rings. The van der Waals surface area contributed by atoms with Gasteiger partial charge in [-0.1, -0.05) is 0 Å². The average Bonchev–Trinajstić information content (AvgIpc) is 2.86. The van der Waals surface area contributed by atoms with Gasteiger partial charge in [-0.25, -0.2) is 8.78 Å². The van der Waals surface area contributed by atoms with Gasteiger partial charge in [0, 0.05) is 55.8 Å². The Balaban J connectivity index is 1.23. The maximum atomic E-state index is 14.2. The Kier molecular flexibility index (Phi) is 6.84. The Morgan fingerprint density at radius 3 is 2.75 bits per heavy atom. The molecule has 3 aromatic rings. The number of fused-ring (bicyclic) bond motifs is 2. The number of aromatic nitrogens is 2. The number of likely N-dealkylation sites (tertiary alicyclic amines) is 1. The molecule has 2 atom stereocenters. The third-order valence-corrected chi connectivity index (χ3v) is 6.71. The second kappa shape index (κ2) is 10.2. The second-order valence-corrected chi connectivity index (χ2v) is 8.98. The molecule has 9 nitrogen and oxygen atoms in total. The molecule has 2 unspecified atom stereocenters. The maximum absolute atomic E-state index is 14.2. The second-order valence-electron chi connectivity index (χ2n) is 8.98. The molecular formula is C25H26F2N4O5. The van der Waals surface area contributed by atoms with Gasteiger partial charge in [0.1, 0.15) is 24.8 Å². The lowest BCUT2D eigenvalue weighted by atomic mass is 9.92. The van der Waals surface area contributed by atoms with Crippen LogP contribution in [0.1, 0.15) is 12.1 Å². The Morgan fingerprint density at radius 2 is 1.94 bits per heavy atom. The molecule has 1 saturated heterocycles. The topological polar surface area (TPSA) is 106 Å². The standard InChI is InChI=1S/C25H26F2N4O5/c26-15-9-19(27)17-1-2-24(32)31(21(17)10-15)6-5-30-4-3-20(18(14-30)25(33)34)29-12-16-11-22-23(13-28-16)36-8-7-35-22/h1-2,9-11,13,18,20,29H,3-8,12,14H2,(H,33,34). The number of nitrogens with one attached hydrogen (secondary N) is 1. The lowest BCUT2D eigenvalue weighted by molar-refractivity contribution is -0.144. The van der Waals surface area contributed by atoms with Crippen LogP contribution in [-0.2, 0) is 17.9 Å². The van der Waals surface area contributed by atoms with E-state index in [2.05, 4.69) is 10.3 Å². The van der Waals surface area contributed by atoms with Gasteiger partial charge in [0.15, 0.2) is 11.5 Å². The number of aliphatic carboxylic acids is 1. The van der Waals surface area contributed by atoms with Crippen molar-refractivity contribution < 1.29 is 28.2 Å². The fraction of sp³-hybridized carbons (Fsp3) is 0.400. The minimum atomic E-state index is -0.918. The summed E-state index contributed by atoms with van der Waals surface area (Å²) < 4.78 is 40.4. The molecule has 0 aliphatic carbocycles. The van der Waals surface area contributed by atoms with Crippen molar-refractivity contribution in [2.45, 2.75) is 25.6 Å². The molecule has 2 aromatic heterocycles. The van der Waals surface area contributed by atoms with Crippen molar-refractivity contribution in [3.05, 3.63) is 64.2 Å². The van der Waals surface area contributed by atoms with E-state index in [0.717, 1.165) is 17.8 Å². The van der Waals surface area contributed by atoms with Crippen LogP contribution in [0, 0.1) is 17.6 Å². The Hall–Kier alpha value is -3.57. The predicted molar refractivity (Wildman–Crippen MR) is 126 cm³/mol.